The van der Waals surface area contributed by atoms with Crippen LogP contribution in [-0.4, -0.2) is 26.2 Å². The number of rotatable bonds is 4. The van der Waals surface area contributed by atoms with Gasteiger partial charge in [-0.25, -0.2) is 9.59 Å². The van der Waals surface area contributed by atoms with Gasteiger partial charge in [-0.05, 0) is 24.6 Å². The summed E-state index contributed by atoms with van der Waals surface area (Å²) in [5.74, 6) is -1.23. The lowest BCUT2D eigenvalue weighted by molar-refractivity contribution is -0.140. The molecule has 0 saturated heterocycles. The maximum absolute atomic E-state index is 11.4. The van der Waals surface area contributed by atoms with Gasteiger partial charge in [0, 0.05) is 0 Å². The molecule has 0 aromatic heterocycles. The van der Waals surface area contributed by atoms with Gasteiger partial charge in [0.2, 0.25) is 5.76 Å². The summed E-state index contributed by atoms with van der Waals surface area (Å²) in [4.78, 5) is 22.5. The average Bonchev–Trinajstić information content (AvgIpc) is 2.36. The first kappa shape index (κ1) is 13.8. The Balaban J connectivity index is 2.95. The van der Waals surface area contributed by atoms with Crippen LogP contribution in [0, 0.1) is 6.92 Å². The molecule has 0 amide bonds. The number of hydrogen-bond acceptors (Lipinski definition) is 5. The van der Waals surface area contributed by atoms with Crippen molar-refractivity contribution in [1.82, 2.24) is 0 Å². The maximum Gasteiger partial charge on any atom is 0.374 e. The van der Waals surface area contributed by atoms with Crippen molar-refractivity contribution in [2.24, 2.45) is 0 Å². The van der Waals surface area contributed by atoms with E-state index in [0.717, 1.165) is 11.6 Å². The summed E-state index contributed by atoms with van der Waals surface area (Å²) in [5.41, 5.74) is 0.967. The van der Waals surface area contributed by atoms with Crippen LogP contribution in [0.15, 0.2) is 36.1 Å². The van der Waals surface area contributed by atoms with Gasteiger partial charge in [0.25, 0.3) is 0 Å². The predicted octanol–water partition coefficient (Wildman–Crippen LogP) is 1.60. The predicted molar refractivity (Wildman–Crippen MR) is 63.9 cm³/mol. The molecule has 1 aromatic rings. The van der Waals surface area contributed by atoms with Crippen molar-refractivity contribution in [3.05, 3.63) is 41.7 Å². The summed E-state index contributed by atoms with van der Waals surface area (Å²) in [6.07, 6.45) is 0.939. The summed E-state index contributed by atoms with van der Waals surface area (Å²) in [6.45, 7) is 1.88. The minimum absolute atomic E-state index is 0.227. The average molecular weight is 250 g/mol. The van der Waals surface area contributed by atoms with Crippen molar-refractivity contribution in [3.8, 4) is 5.75 Å². The number of carbonyl (C=O) groups is 2. The van der Waals surface area contributed by atoms with Crippen LogP contribution in [0.4, 0.5) is 0 Å². The SMILES string of the molecule is COC(=O)C=C(Oc1cccc(C)c1)C(=O)OC. The standard InChI is InChI=1S/C13H14O5/c1-9-5-4-6-10(7-9)18-11(13(15)17-3)8-12(14)16-2/h4-8H,1-3H3. The first-order valence-corrected chi connectivity index (χ1v) is 5.19. The second-order valence-electron chi connectivity index (χ2n) is 3.44. The van der Waals surface area contributed by atoms with E-state index in [1.807, 2.05) is 13.0 Å². The van der Waals surface area contributed by atoms with Crippen LogP contribution in [0.2, 0.25) is 0 Å². The topological polar surface area (TPSA) is 61.8 Å². The zero-order valence-corrected chi connectivity index (χ0v) is 10.4. The van der Waals surface area contributed by atoms with Crippen molar-refractivity contribution < 1.29 is 23.8 Å². The number of benzene rings is 1. The molecule has 0 saturated carbocycles. The lowest BCUT2D eigenvalue weighted by Gasteiger charge is -2.08. The van der Waals surface area contributed by atoms with Gasteiger partial charge >= 0.3 is 11.9 Å². The van der Waals surface area contributed by atoms with E-state index >= 15 is 0 Å². The molecule has 96 valence electrons. The molecule has 5 heteroatoms. The van der Waals surface area contributed by atoms with E-state index in [-0.39, 0.29) is 5.76 Å². The molecule has 1 aromatic carbocycles. The highest BCUT2D eigenvalue weighted by molar-refractivity contribution is 5.95. The number of esters is 2. The minimum Gasteiger partial charge on any atom is -0.466 e. The lowest BCUT2D eigenvalue weighted by atomic mass is 10.2. The van der Waals surface area contributed by atoms with Crippen molar-refractivity contribution in [2.45, 2.75) is 6.92 Å². The maximum atomic E-state index is 11.4. The van der Waals surface area contributed by atoms with Gasteiger partial charge in [-0.1, -0.05) is 12.1 Å². The number of methoxy groups -OCH3 is 2. The molecule has 1 rings (SSSR count). The third-order valence-corrected chi connectivity index (χ3v) is 2.05. The third-order valence-electron chi connectivity index (χ3n) is 2.05. The first-order chi connectivity index (χ1) is 8.56. The van der Waals surface area contributed by atoms with E-state index < -0.39 is 11.9 Å². The summed E-state index contributed by atoms with van der Waals surface area (Å²) in [7, 11) is 2.41. The van der Waals surface area contributed by atoms with Gasteiger partial charge in [0.15, 0.2) is 0 Å². The van der Waals surface area contributed by atoms with Gasteiger partial charge < -0.3 is 14.2 Å². The highest BCUT2D eigenvalue weighted by Gasteiger charge is 2.15. The second-order valence-corrected chi connectivity index (χ2v) is 3.44. The van der Waals surface area contributed by atoms with Crippen molar-refractivity contribution in [3.63, 3.8) is 0 Å². The van der Waals surface area contributed by atoms with Crippen LogP contribution in [-0.2, 0) is 19.1 Å². The van der Waals surface area contributed by atoms with Crippen molar-refractivity contribution in [2.75, 3.05) is 14.2 Å². The van der Waals surface area contributed by atoms with Crippen LogP contribution in [0.3, 0.4) is 0 Å². The molecule has 0 heterocycles. The molecule has 0 radical (unpaired) electrons. The smallest absolute Gasteiger partial charge is 0.374 e. The van der Waals surface area contributed by atoms with Crippen molar-refractivity contribution in [1.29, 1.82) is 0 Å². The zero-order valence-electron chi connectivity index (χ0n) is 10.4. The van der Waals surface area contributed by atoms with E-state index in [4.69, 9.17) is 4.74 Å². The number of carbonyl (C=O) groups excluding carboxylic acids is 2. The van der Waals surface area contributed by atoms with Gasteiger partial charge in [0.05, 0.1) is 20.3 Å². The Morgan fingerprint density at radius 2 is 1.89 bits per heavy atom. The second kappa shape index (κ2) is 6.44. The number of hydrogen-bond donors (Lipinski definition) is 0. The van der Waals surface area contributed by atoms with Gasteiger partial charge in [-0.15, -0.1) is 0 Å². The molecule has 0 N–H and O–H groups in total. The Morgan fingerprint density at radius 1 is 1.17 bits per heavy atom. The molecule has 0 atom stereocenters. The molecule has 0 aliphatic rings. The van der Waals surface area contributed by atoms with Crippen LogP contribution in [0.5, 0.6) is 5.75 Å². The Labute approximate surface area is 105 Å². The molecular weight excluding hydrogens is 236 g/mol. The van der Waals surface area contributed by atoms with Crippen molar-refractivity contribution >= 4 is 11.9 Å². The Bertz CT molecular complexity index is 476. The lowest BCUT2D eigenvalue weighted by Crippen LogP contribution is -2.13. The molecule has 0 aliphatic heterocycles. The molecule has 0 bridgehead atoms. The van der Waals surface area contributed by atoms with Gasteiger partial charge in [-0.2, -0.15) is 0 Å². The van der Waals surface area contributed by atoms with Crippen LogP contribution < -0.4 is 4.74 Å². The minimum atomic E-state index is -0.748. The van der Waals surface area contributed by atoms with E-state index in [9.17, 15) is 9.59 Å². The normalized spacial score (nSPS) is 10.7. The fraction of sp³-hybridized carbons (Fsp3) is 0.231. The molecule has 5 nitrogen and oxygen atoms in total. The summed E-state index contributed by atoms with van der Waals surface area (Å²) in [5, 5.41) is 0. The zero-order chi connectivity index (χ0) is 13.5. The molecule has 0 unspecified atom stereocenters. The van der Waals surface area contributed by atoms with E-state index in [0.29, 0.717) is 5.75 Å². The van der Waals surface area contributed by atoms with E-state index in [2.05, 4.69) is 9.47 Å². The molecule has 0 spiro atoms. The Morgan fingerprint density at radius 3 is 2.44 bits per heavy atom. The van der Waals surface area contributed by atoms with Crippen LogP contribution in [0.25, 0.3) is 0 Å². The summed E-state index contributed by atoms with van der Waals surface area (Å²) < 4.78 is 14.3. The molecular formula is C13H14O5. The van der Waals surface area contributed by atoms with Gasteiger partial charge in [0.1, 0.15) is 5.75 Å². The summed E-state index contributed by atoms with van der Waals surface area (Å²) >= 11 is 0. The highest BCUT2D eigenvalue weighted by Crippen LogP contribution is 2.16. The van der Waals surface area contributed by atoms with Crippen LogP contribution >= 0.6 is 0 Å². The monoisotopic (exact) mass is 250 g/mol. The van der Waals surface area contributed by atoms with Gasteiger partial charge in [-0.3, -0.25) is 0 Å². The van der Waals surface area contributed by atoms with E-state index in [1.165, 1.54) is 14.2 Å². The Hall–Kier alpha value is -2.30. The molecule has 0 aliphatic carbocycles. The third kappa shape index (κ3) is 3.93. The number of ether oxygens (including phenoxy) is 3. The van der Waals surface area contributed by atoms with E-state index in [1.54, 1.807) is 18.2 Å². The Kier molecular flexibility index (Phi) is 4.92. The summed E-state index contributed by atoms with van der Waals surface area (Å²) in [6, 6.07) is 7.06. The highest BCUT2D eigenvalue weighted by atomic mass is 16.6. The first-order valence-electron chi connectivity index (χ1n) is 5.19. The molecule has 0 fully saturated rings. The number of aryl methyl sites for hydroxylation is 1. The fourth-order valence-corrected chi connectivity index (χ4v) is 1.20. The quantitative estimate of drug-likeness (QED) is 0.461. The van der Waals surface area contributed by atoms with Crippen LogP contribution in [0.1, 0.15) is 5.56 Å². The molecule has 18 heavy (non-hydrogen) atoms. The largest absolute Gasteiger partial charge is 0.466 e. The fourth-order valence-electron chi connectivity index (χ4n) is 1.20.